The highest BCUT2D eigenvalue weighted by molar-refractivity contribution is 5.69. The minimum Gasteiger partial charge on any atom is -0.444 e. The number of anilines is 1. The van der Waals surface area contributed by atoms with E-state index >= 15 is 0 Å². The summed E-state index contributed by atoms with van der Waals surface area (Å²) in [5.41, 5.74) is 5.13. The van der Waals surface area contributed by atoms with E-state index < -0.39 is 11.7 Å². The quantitative estimate of drug-likeness (QED) is 0.839. The molecule has 1 N–H and O–H groups in total. The molecule has 1 aromatic carbocycles. The standard InChI is InChI=1S/C23H30N4O2/c1-15-11-12-27(15)21-25-19-10-6-9-18(19)20(26-21)17-8-5-7-16(13-17)14-24-22(28)29-23(2,3)4/h5,7-8,13,15H,6,9-12,14H2,1-4H3,(H,24,28). The zero-order valence-corrected chi connectivity index (χ0v) is 17.8. The van der Waals surface area contributed by atoms with Crippen LogP contribution in [-0.2, 0) is 24.1 Å². The molecule has 2 aromatic rings. The molecular weight excluding hydrogens is 364 g/mol. The van der Waals surface area contributed by atoms with Gasteiger partial charge in [-0.2, -0.15) is 0 Å². The topological polar surface area (TPSA) is 67.4 Å². The molecule has 2 aliphatic rings. The van der Waals surface area contributed by atoms with Crippen LogP contribution in [0.5, 0.6) is 0 Å². The normalized spacial score (nSPS) is 18.2. The zero-order chi connectivity index (χ0) is 20.6. The molecule has 1 aromatic heterocycles. The zero-order valence-electron chi connectivity index (χ0n) is 17.8. The molecule has 1 amide bonds. The number of ether oxygens (including phenoxy) is 1. The van der Waals surface area contributed by atoms with E-state index in [-0.39, 0.29) is 0 Å². The van der Waals surface area contributed by atoms with Crippen molar-refractivity contribution in [3.8, 4) is 11.3 Å². The third-order valence-electron chi connectivity index (χ3n) is 5.53. The minimum absolute atomic E-state index is 0.403. The SMILES string of the molecule is CC1CCN1c1nc2c(c(-c3cccc(CNC(=O)OC(C)(C)C)c3)n1)CCC2. The molecule has 1 saturated heterocycles. The molecule has 1 aliphatic heterocycles. The van der Waals surface area contributed by atoms with Crippen LogP contribution in [0.2, 0.25) is 0 Å². The van der Waals surface area contributed by atoms with E-state index in [1.54, 1.807) is 0 Å². The van der Waals surface area contributed by atoms with E-state index in [1.165, 1.54) is 17.7 Å². The highest BCUT2D eigenvalue weighted by Crippen LogP contribution is 2.34. The molecule has 0 radical (unpaired) electrons. The molecule has 0 saturated carbocycles. The highest BCUT2D eigenvalue weighted by Gasteiger charge is 2.29. The van der Waals surface area contributed by atoms with Crippen molar-refractivity contribution in [2.45, 2.75) is 71.6 Å². The Hall–Kier alpha value is -2.63. The van der Waals surface area contributed by atoms with Crippen LogP contribution >= 0.6 is 0 Å². The van der Waals surface area contributed by atoms with Gasteiger partial charge in [-0.05, 0) is 65.0 Å². The van der Waals surface area contributed by atoms with Crippen LogP contribution in [0.15, 0.2) is 24.3 Å². The van der Waals surface area contributed by atoms with Gasteiger partial charge in [0.15, 0.2) is 0 Å². The molecule has 4 rings (SSSR count). The molecule has 0 bridgehead atoms. The second-order valence-electron chi connectivity index (χ2n) is 9.04. The average Bonchev–Trinajstić information content (AvgIpc) is 3.12. The van der Waals surface area contributed by atoms with Crippen LogP contribution in [0.25, 0.3) is 11.3 Å². The number of hydrogen-bond donors (Lipinski definition) is 1. The van der Waals surface area contributed by atoms with Gasteiger partial charge < -0.3 is 15.0 Å². The Morgan fingerprint density at radius 2 is 2.10 bits per heavy atom. The lowest BCUT2D eigenvalue weighted by molar-refractivity contribution is 0.0523. The van der Waals surface area contributed by atoms with Crippen LogP contribution in [0.1, 0.15) is 57.4 Å². The van der Waals surface area contributed by atoms with Gasteiger partial charge in [-0.25, -0.2) is 14.8 Å². The number of hydrogen-bond acceptors (Lipinski definition) is 5. The van der Waals surface area contributed by atoms with E-state index in [0.717, 1.165) is 48.6 Å². The summed E-state index contributed by atoms with van der Waals surface area (Å²) in [5, 5.41) is 2.84. The molecule has 29 heavy (non-hydrogen) atoms. The van der Waals surface area contributed by atoms with Crippen molar-refractivity contribution >= 4 is 12.0 Å². The van der Waals surface area contributed by atoms with Gasteiger partial charge in [-0.15, -0.1) is 0 Å². The number of nitrogens with zero attached hydrogens (tertiary/aromatic N) is 3. The van der Waals surface area contributed by atoms with Crippen LogP contribution < -0.4 is 10.2 Å². The molecule has 6 heteroatoms. The van der Waals surface area contributed by atoms with E-state index in [0.29, 0.717) is 12.6 Å². The second kappa shape index (κ2) is 7.65. The summed E-state index contributed by atoms with van der Waals surface area (Å²) in [7, 11) is 0. The minimum atomic E-state index is -0.502. The van der Waals surface area contributed by atoms with E-state index in [2.05, 4.69) is 29.3 Å². The van der Waals surface area contributed by atoms with Crippen LogP contribution in [0.3, 0.4) is 0 Å². The lowest BCUT2D eigenvalue weighted by atomic mass is 10.0. The van der Waals surface area contributed by atoms with Crippen LogP contribution in [-0.4, -0.2) is 34.2 Å². The number of alkyl carbamates (subject to hydrolysis) is 1. The predicted octanol–water partition coefficient (Wildman–Crippen LogP) is 4.26. The van der Waals surface area contributed by atoms with E-state index in [1.807, 2.05) is 32.9 Å². The first-order valence-corrected chi connectivity index (χ1v) is 10.5. The number of aryl methyl sites for hydroxylation is 1. The maximum absolute atomic E-state index is 12.0. The van der Waals surface area contributed by atoms with Gasteiger partial charge in [0.05, 0.1) is 5.69 Å². The summed E-state index contributed by atoms with van der Waals surface area (Å²) in [5.74, 6) is 0.858. The summed E-state index contributed by atoms with van der Waals surface area (Å²) in [6, 6.07) is 8.76. The van der Waals surface area contributed by atoms with Crippen molar-refractivity contribution in [1.82, 2.24) is 15.3 Å². The molecule has 6 nitrogen and oxygen atoms in total. The fourth-order valence-corrected chi connectivity index (χ4v) is 3.92. The van der Waals surface area contributed by atoms with Gasteiger partial charge in [0.2, 0.25) is 5.95 Å². The Labute approximate surface area is 172 Å². The lowest BCUT2D eigenvalue weighted by Gasteiger charge is -2.39. The first-order valence-electron chi connectivity index (χ1n) is 10.5. The fraction of sp³-hybridized carbons (Fsp3) is 0.522. The molecule has 1 aliphatic carbocycles. The molecule has 1 fully saturated rings. The van der Waals surface area contributed by atoms with Crippen molar-refractivity contribution < 1.29 is 9.53 Å². The monoisotopic (exact) mass is 394 g/mol. The molecule has 1 unspecified atom stereocenters. The smallest absolute Gasteiger partial charge is 0.407 e. The Bertz CT molecular complexity index is 920. The summed E-state index contributed by atoms with van der Waals surface area (Å²) in [6.07, 6.45) is 3.98. The van der Waals surface area contributed by atoms with Gasteiger partial charge in [0, 0.05) is 36.0 Å². The van der Waals surface area contributed by atoms with Crippen molar-refractivity contribution in [2.24, 2.45) is 0 Å². The average molecular weight is 395 g/mol. The largest absolute Gasteiger partial charge is 0.444 e. The van der Waals surface area contributed by atoms with Crippen LogP contribution in [0, 0.1) is 0 Å². The summed E-state index contributed by atoms with van der Waals surface area (Å²) in [4.78, 5) is 24.1. The van der Waals surface area contributed by atoms with Crippen molar-refractivity contribution in [3.63, 3.8) is 0 Å². The maximum Gasteiger partial charge on any atom is 0.407 e. The van der Waals surface area contributed by atoms with Crippen molar-refractivity contribution in [1.29, 1.82) is 0 Å². The number of carbonyl (C=O) groups is 1. The number of benzene rings is 1. The summed E-state index contributed by atoms with van der Waals surface area (Å²) >= 11 is 0. The van der Waals surface area contributed by atoms with Gasteiger partial charge in [0.1, 0.15) is 5.60 Å². The third kappa shape index (κ3) is 4.36. The van der Waals surface area contributed by atoms with E-state index in [9.17, 15) is 4.79 Å². The Balaban J connectivity index is 1.57. The summed E-state index contributed by atoms with van der Waals surface area (Å²) in [6.45, 7) is 9.26. The first-order chi connectivity index (χ1) is 13.8. The van der Waals surface area contributed by atoms with Gasteiger partial charge in [-0.3, -0.25) is 0 Å². The number of aromatic nitrogens is 2. The van der Waals surface area contributed by atoms with Crippen LogP contribution in [0.4, 0.5) is 10.7 Å². The number of fused-ring (bicyclic) bond motifs is 1. The molecule has 154 valence electrons. The summed E-state index contributed by atoms with van der Waals surface area (Å²) < 4.78 is 5.33. The number of nitrogens with one attached hydrogen (secondary N) is 1. The maximum atomic E-state index is 12.0. The van der Waals surface area contributed by atoms with Gasteiger partial charge in [0.25, 0.3) is 0 Å². The van der Waals surface area contributed by atoms with Crippen molar-refractivity contribution in [3.05, 3.63) is 41.1 Å². The van der Waals surface area contributed by atoms with Crippen molar-refractivity contribution in [2.75, 3.05) is 11.4 Å². The predicted molar refractivity (Wildman–Crippen MR) is 114 cm³/mol. The number of amides is 1. The third-order valence-corrected chi connectivity index (χ3v) is 5.53. The molecule has 1 atom stereocenters. The van der Waals surface area contributed by atoms with Gasteiger partial charge >= 0.3 is 6.09 Å². The Morgan fingerprint density at radius 3 is 2.79 bits per heavy atom. The first kappa shape index (κ1) is 19.7. The Kier molecular flexibility index (Phi) is 5.19. The molecular formula is C23H30N4O2. The molecule has 2 heterocycles. The van der Waals surface area contributed by atoms with E-state index in [4.69, 9.17) is 14.7 Å². The lowest BCUT2D eigenvalue weighted by Crippen LogP contribution is -2.46. The highest BCUT2D eigenvalue weighted by atomic mass is 16.6. The number of carbonyl (C=O) groups excluding carboxylic acids is 1. The van der Waals surface area contributed by atoms with Gasteiger partial charge in [-0.1, -0.05) is 18.2 Å². The fourth-order valence-electron chi connectivity index (χ4n) is 3.92. The Morgan fingerprint density at radius 1 is 1.28 bits per heavy atom. The molecule has 0 spiro atoms. The number of rotatable bonds is 4. The second-order valence-corrected chi connectivity index (χ2v) is 9.04.